The Balaban J connectivity index is 1.51. The van der Waals surface area contributed by atoms with Gasteiger partial charge >= 0.3 is 5.97 Å². The Morgan fingerprint density at radius 3 is 2.22 bits per heavy atom. The smallest absolute Gasteiger partial charge is 0.349 e. The molecule has 27 heavy (non-hydrogen) atoms. The van der Waals surface area contributed by atoms with Crippen molar-refractivity contribution in [2.45, 2.75) is 0 Å². The van der Waals surface area contributed by atoms with Crippen LogP contribution in [0.1, 0.15) is 0 Å². The van der Waals surface area contributed by atoms with Gasteiger partial charge in [-0.1, -0.05) is 70.5 Å². The molecule has 0 unspecified atom stereocenters. The normalized spacial score (nSPS) is 10.9. The van der Waals surface area contributed by atoms with Crippen LogP contribution in [-0.2, 0) is 4.79 Å². The lowest BCUT2D eigenvalue weighted by Gasteiger charge is -2.11. The summed E-state index contributed by atoms with van der Waals surface area (Å²) in [5, 5.41) is 3.98. The van der Waals surface area contributed by atoms with Crippen molar-refractivity contribution >= 4 is 59.4 Å². The Labute approximate surface area is 173 Å². The molecule has 4 aromatic carbocycles. The molecule has 0 heterocycles. The summed E-state index contributed by atoms with van der Waals surface area (Å²) >= 11 is 7.07. The van der Waals surface area contributed by atoms with Crippen molar-refractivity contribution in [2.75, 3.05) is 6.61 Å². The van der Waals surface area contributed by atoms with E-state index in [9.17, 15) is 4.79 Å². The maximum Gasteiger partial charge on any atom is 0.349 e. The van der Waals surface area contributed by atoms with Crippen molar-refractivity contribution in [1.29, 1.82) is 0 Å². The summed E-state index contributed by atoms with van der Waals surface area (Å²) in [5.41, 5.74) is 0. The van der Waals surface area contributed by atoms with Gasteiger partial charge in [0.1, 0.15) is 11.5 Å². The van der Waals surface area contributed by atoms with Crippen LogP contribution < -0.4 is 9.47 Å². The van der Waals surface area contributed by atoms with Gasteiger partial charge < -0.3 is 9.47 Å². The van der Waals surface area contributed by atoms with Gasteiger partial charge in [-0.2, -0.15) is 0 Å². The molecule has 0 aliphatic carbocycles. The van der Waals surface area contributed by atoms with Gasteiger partial charge in [-0.05, 0) is 50.3 Å². The van der Waals surface area contributed by atoms with Crippen LogP contribution in [0.25, 0.3) is 21.5 Å². The summed E-state index contributed by atoms with van der Waals surface area (Å²) in [5.74, 6) is 0.661. The van der Waals surface area contributed by atoms with Gasteiger partial charge in [-0.3, -0.25) is 0 Å². The summed E-state index contributed by atoms with van der Waals surface area (Å²) in [6.07, 6.45) is 0. The number of benzene rings is 4. The molecule has 134 valence electrons. The second-order valence-electron chi connectivity index (χ2n) is 5.95. The van der Waals surface area contributed by atoms with E-state index in [2.05, 4.69) is 31.9 Å². The molecule has 0 radical (unpaired) electrons. The van der Waals surface area contributed by atoms with E-state index >= 15 is 0 Å². The highest BCUT2D eigenvalue weighted by molar-refractivity contribution is 9.11. The minimum atomic E-state index is -0.456. The number of hydrogen-bond donors (Lipinski definition) is 0. The van der Waals surface area contributed by atoms with Crippen LogP contribution in [0.2, 0.25) is 0 Å². The Kier molecular flexibility index (Phi) is 5.14. The van der Waals surface area contributed by atoms with Crippen LogP contribution in [0.5, 0.6) is 11.5 Å². The van der Waals surface area contributed by atoms with Gasteiger partial charge in [-0.25, -0.2) is 4.79 Å². The summed E-state index contributed by atoms with van der Waals surface area (Å²) in [6, 6.07) is 23.2. The van der Waals surface area contributed by atoms with E-state index in [4.69, 9.17) is 9.47 Å². The molecule has 0 aliphatic rings. The number of rotatable bonds is 4. The fourth-order valence-corrected chi connectivity index (χ4v) is 4.02. The van der Waals surface area contributed by atoms with Crippen LogP contribution in [0, 0.1) is 0 Å². The first-order valence-electron chi connectivity index (χ1n) is 8.31. The first-order chi connectivity index (χ1) is 13.1. The lowest BCUT2D eigenvalue weighted by atomic mass is 10.1. The Morgan fingerprint density at radius 2 is 1.41 bits per heavy atom. The molecular weight excluding hydrogens is 472 g/mol. The summed E-state index contributed by atoms with van der Waals surface area (Å²) in [4.78, 5) is 12.3. The van der Waals surface area contributed by atoms with E-state index in [0.29, 0.717) is 11.5 Å². The number of fused-ring (bicyclic) bond motifs is 2. The first kappa shape index (κ1) is 18.0. The van der Waals surface area contributed by atoms with Crippen LogP contribution in [0.4, 0.5) is 0 Å². The molecule has 4 rings (SSSR count). The lowest BCUT2D eigenvalue weighted by molar-refractivity contribution is -0.136. The Bertz CT molecular complexity index is 1150. The third kappa shape index (κ3) is 3.70. The van der Waals surface area contributed by atoms with Crippen LogP contribution in [0.3, 0.4) is 0 Å². The monoisotopic (exact) mass is 484 g/mol. The number of carbonyl (C=O) groups excluding carboxylic acids is 1. The van der Waals surface area contributed by atoms with Gasteiger partial charge in [0.15, 0.2) is 6.61 Å². The van der Waals surface area contributed by atoms with Crippen molar-refractivity contribution in [3.05, 3.63) is 81.7 Å². The standard InChI is InChI=1S/C22H14Br2O3/c23-18-10-12-19(17-8-4-3-7-16(17)18)27-21(25)13-26-20-11-9-14-5-1-2-6-15(14)22(20)24/h1-12H,13H2. The molecular formula is C22H14Br2O3. The molecule has 0 fully saturated rings. The van der Waals surface area contributed by atoms with E-state index in [1.54, 1.807) is 6.07 Å². The molecule has 0 amide bonds. The van der Waals surface area contributed by atoms with Gasteiger partial charge in [0.05, 0.1) is 4.47 Å². The third-order valence-electron chi connectivity index (χ3n) is 4.23. The molecule has 0 aliphatic heterocycles. The first-order valence-corrected chi connectivity index (χ1v) is 9.90. The number of ether oxygens (including phenoxy) is 2. The SMILES string of the molecule is O=C(COc1ccc2ccccc2c1Br)Oc1ccc(Br)c2ccccc12. The van der Waals surface area contributed by atoms with Crippen molar-refractivity contribution in [2.24, 2.45) is 0 Å². The average molecular weight is 486 g/mol. The second-order valence-corrected chi connectivity index (χ2v) is 7.60. The highest BCUT2D eigenvalue weighted by atomic mass is 79.9. The fraction of sp³-hybridized carbons (Fsp3) is 0.0455. The van der Waals surface area contributed by atoms with E-state index < -0.39 is 5.97 Å². The summed E-state index contributed by atoms with van der Waals surface area (Å²) in [6.45, 7) is -0.179. The second kappa shape index (κ2) is 7.71. The zero-order chi connectivity index (χ0) is 18.8. The zero-order valence-electron chi connectivity index (χ0n) is 14.1. The molecule has 0 N–H and O–H groups in total. The third-order valence-corrected chi connectivity index (χ3v) is 5.74. The molecule has 3 nitrogen and oxygen atoms in total. The van der Waals surface area contributed by atoms with Crippen LogP contribution in [-0.4, -0.2) is 12.6 Å². The minimum Gasteiger partial charge on any atom is -0.481 e. The lowest BCUT2D eigenvalue weighted by Crippen LogP contribution is -2.18. The predicted octanol–water partition coefficient (Wildman–Crippen LogP) is 6.50. The number of halogens is 2. The average Bonchev–Trinajstić information content (AvgIpc) is 2.70. The molecule has 0 saturated heterocycles. The molecule has 5 heteroatoms. The molecule has 4 aromatic rings. The molecule has 0 bridgehead atoms. The van der Waals surface area contributed by atoms with Gasteiger partial charge in [0.2, 0.25) is 0 Å². The van der Waals surface area contributed by atoms with Crippen molar-refractivity contribution in [1.82, 2.24) is 0 Å². The van der Waals surface area contributed by atoms with E-state index in [-0.39, 0.29) is 6.61 Å². The largest absolute Gasteiger partial charge is 0.481 e. The zero-order valence-corrected chi connectivity index (χ0v) is 17.3. The van der Waals surface area contributed by atoms with Crippen LogP contribution in [0.15, 0.2) is 81.7 Å². The van der Waals surface area contributed by atoms with Crippen LogP contribution >= 0.6 is 31.9 Å². The predicted molar refractivity (Wildman–Crippen MR) is 114 cm³/mol. The topological polar surface area (TPSA) is 35.5 Å². The van der Waals surface area contributed by atoms with E-state index in [1.165, 1.54) is 0 Å². The highest BCUT2D eigenvalue weighted by Crippen LogP contribution is 2.34. The minimum absolute atomic E-state index is 0.179. The fourth-order valence-electron chi connectivity index (χ4n) is 2.94. The van der Waals surface area contributed by atoms with Crippen molar-refractivity contribution in [3.63, 3.8) is 0 Å². The molecule has 0 atom stereocenters. The van der Waals surface area contributed by atoms with E-state index in [0.717, 1.165) is 30.5 Å². The van der Waals surface area contributed by atoms with Crippen molar-refractivity contribution < 1.29 is 14.3 Å². The van der Waals surface area contributed by atoms with Gasteiger partial charge in [-0.15, -0.1) is 0 Å². The van der Waals surface area contributed by atoms with Gasteiger partial charge in [0.25, 0.3) is 0 Å². The summed E-state index contributed by atoms with van der Waals surface area (Å²) in [7, 11) is 0. The molecule has 0 spiro atoms. The number of hydrogen-bond acceptors (Lipinski definition) is 3. The molecule has 0 aromatic heterocycles. The van der Waals surface area contributed by atoms with Gasteiger partial charge in [0, 0.05) is 9.86 Å². The quantitative estimate of drug-likeness (QED) is 0.244. The Hall–Kier alpha value is -2.37. The number of esters is 1. The van der Waals surface area contributed by atoms with E-state index in [1.807, 2.05) is 66.7 Å². The molecule has 0 saturated carbocycles. The highest BCUT2D eigenvalue weighted by Gasteiger charge is 2.12. The van der Waals surface area contributed by atoms with Crippen molar-refractivity contribution in [3.8, 4) is 11.5 Å². The Morgan fingerprint density at radius 1 is 0.741 bits per heavy atom. The maximum absolute atomic E-state index is 12.3. The number of carbonyl (C=O) groups is 1. The summed E-state index contributed by atoms with van der Waals surface area (Å²) < 4.78 is 13.0. The maximum atomic E-state index is 12.3.